The monoisotopic (exact) mass is 1030 g/mol. The molecule has 0 saturated heterocycles. The van der Waals surface area contributed by atoms with Gasteiger partial charge in [-0.1, -0.05) is 23.2 Å². The fourth-order valence-electron chi connectivity index (χ4n) is 7.27. The van der Waals surface area contributed by atoms with Crippen molar-refractivity contribution in [1.29, 1.82) is 0 Å². The van der Waals surface area contributed by atoms with Gasteiger partial charge in [-0.3, -0.25) is 29.0 Å². The second-order valence-electron chi connectivity index (χ2n) is 15.6. The summed E-state index contributed by atoms with van der Waals surface area (Å²) in [5, 5.41) is -0.133. The van der Waals surface area contributed by atoms with E-state index >= 15 is 0 Å². The van der Waals surface area contributed by atoms with Crippen molar-refractivity contribution in [2.75, 3.05) is 9.44 Å². The number of carbonyl (C=O) groups excluding carboxylic acids is 2. The molecule has 358 valence electrons. The maximum Gasteiger partial charge on any atom is 0.417 e. The van der Waals surface area contributed by atoms with Crippen LogP contribution in [0.25, 0.3) is 22.1 Å². The highest BCUT2D eigenvalue weighted by Crippen LogP contribution is 2.38. The molecule has 6 heterocycles. The highest BCUT2D eigenvalue weighted by molar-refractivity contribution is 7.93. The fourth-order valence-corrected chi connectivity index (χ4v) is 9.89. The third-order valence-corrected chi connectivity index (χ3v) is 13.8. The molecule has 24 heteroatoms. The quantitative estimate of drug-likeness (QED) is 0.0585. The Kier molecular flexibility index (Phi) is 13.4. The van der Waals surface area contributed by atoms with Gasteiger partial charge in [0.15, 0.2) is 0 Å². The van der Waals surface area contributed by atoms with Crippen LogP contribution in [0.2, 0.25) is 10.0 Å². The third-order valence-electron chi connectivity index (χ3n) is 10.4. The lowest BCUT2D eigenvalue weighted by atomic mass is 9.99. The summed E-state index contributed by atoms with van der Waals surface area (Å²) in [6, 6.07) is 10.6. The fraction of sp³-hybridized carbons (Fsp3) is 0.156. The minimum atomic E-state index is -4.85. The molecule has 4 N–H and O–H groups in total. The number of ketones is 2. The lowest BCUT2D eigenvalue weighted by molar-refractivity contribution is -0.647. The number of sulfonamides is 2. The highest BCUT2D eigenvalue weighted by Gasteiger charge is 2.36. The van der Waals surface area contributed by atoms with Crippen LogP contribution < -0.4 is 14.0 Å². The number of aromatic amines is 2. The molecule has 0 aliphatic carbocycles. The Labute approximate surface area is 398 Å². The lowest BCUT2D eigenvalue weighted by Gasteiger charge is -2.15. The number of carbonyl (C=O) groups is 2. The van der Waals surface area contributed by atoms with Gasteiger partial charge in [-0.2, -0.15) is 26.3 Å². The van der Waals surface area contributed by atoms with E-state index < -0.39 is 74.9 Å². The first kappa shape index (κ1) is 50.0. The van der Waals surface area contributed by atoms with E-state index in [1.54, 1.807) is 58.4 Å². The zero-order valence-corrected chi connectivity index (χ0v) is 39.5. The maximum atomic E-state index is 13.6. The van der Waals surface area contributed by atoms with Gasteiger partial charge in [0.2, 0.25) is 11.6 Å². The van der Waals surface area contributed by atoms with Gasteiger partial charge in [0.1, 0.15) is 17.0 Å². The van der Waals surface area contributed by atoms with Gasteiger partial charge >= 0.3 is 12.4 Å². The Bertz CT molecular complexity index is 3620. The van der Waals surface area contributed by atoms with Crippen molar-refractivity contribution in [2.45, 2.75) is 49.8 Å². The van der Waals surface area contributed by atoms with E-state index in [1.807, 2.05) is 11.6 Å². The van der Waals surface area contributed by atoms with E-state index in [9.17, 15) is 52.8 Å². The molecule has 6 aromatic heterocycles. The molecule has 2 aromatic carbocycles. The average Bonchev–Trinajstić information content (AvgIpc) is 3.94. The first-order valence-corrected chi connectivity index (χ1v) is 23.6. The molecular weight excluding hydrogens is 998 g/mol. The van der Waals surface area contributed by atoms with Crippen LogP contribution in [0.4, 0.5) is 37.7 Å². The number of nitrogens with one attached hydrogen (secondary N) is 4. The molecule has 0 saturated carbocycles. The molecule has 14 nitrogen and oxygen atoms in total. The van der Waals surface area contributed by atoms with Crippen LogP contribution in [0.1, 0.15) is 65.5 Å². The SMILES string of the molecule is Cc1cnc(C(=O)c2c(C)c[n+](C)c3[nH]ccc23)c(NS(=O)(=O)c2ccc(Cl)c(C(F)(F)F)c2)c1.Cc1cnc(C(=O)c2c(C)cnc3[nH]ccc23)c(NS(=O)(=O)c2ccc(Cl)c(C(F)(F)F)c2)c1. The van der Waals surface area contributed by atoms with Crippen molar-refractivity contribution in [3.8, 4) is 0 Å². The Balaban J connectivity index is 0.000000204. The number of aryl methyl sites for hydroxylation is 5. The van der Waals surface area contributed by atoms with Crippen molar-refractivity contribution in [3.05, 3.63) is 164 Å². The van der Waals surface area contributed by atoms with E-state index in [4.69, 9.17) is 23.2 Å². The van der Waals surface area contributed by atoms with Crippen LogP contribution in [-0.4, -0.2) is 53.3 Å². The molecule has 0 spiro atoms. The molecule has 0 amide bonds. The summed E-state index contributed by atoms with van der Waals surface area (Å²) in [4.78, 5) is 44.2. The Morgan fingerprint density at radius 3 is 1.54 bits per heavy atom. The molecule has 0 aliphatic heterocycles. The number of alkyl halides is 6. The summed E-state index contributed by atoms with van der Waals surface area (Å²) < 4.78 is 138. The number of H-pyrrole nitrogens is 2. The summed E-state index contributed by atoms with van der Waals surface area (Å²) in [7, 11) is -7.25. The second-order valence-corrected chi connectivity index (χ2v) is 19.7. The second kappa shape index (κ2) is 18.6. The number of anilines is 2. The molecular formula is C45H35Cl2F6N8O6S2+. The van der Waals surface area contributed by atoms with Gasteiger partial charge in [0, 0.05) is 46.9 Å². The van der Waals surface area contributed by atoms with Crippen LogP contribution in [0.3, 0.4) is 0 Å². The van der Waals surface area contributed by atoms with Gasteiger partial charge in [0.25, 0.3) is 25.7 Å². The predicted molar refractivity (Wildman–Crippen MR) is 244 cm³/mol. The van der Waals surface area contributed by atoms with Crippen molar-refractivity contribution in [3.63, 3.8) is 0 Å². The van der Waals surface area contributed by atoms with E-state index in [0.29, 0.717) is 62.0 Å². The predicted octanol–water partition coefficient (Wildman–Crippen LogP) is 9.99. The number of halogens is 8. The van der Waals surface area contributed by atoms with Crippen LogP contribution in [0, 0.1) is 27.7 Å². The maximum absolute atomic E-state index is 13.6. The molecule has 69 heavy (non-hydrogen) atoms. The van der Waals surface area contributed by atoms with Crippen LogP contribution in [-0.2, 0) is 39.4 Å². The van der Waals surface area contributed by atoms with Crippen molar-refractivity contribution in [2.24, 2.45) is 7.05 Å². The van der Waals surface area contributed by atoms with Crippen LogP contribution in [0.5, 0.6) is 0 Å². The molecule has 8 rings (SSSR count). The normalized spacial score (nSPS) is 12.2. The molecule has 8 aromatic rings. The lowest BCUT2D eigenvalue weighted by Crippen LogP contribution is -2.30. The van der Waals surface area contributed by atoms with Gasteiger partial charge < -0.3 is 4.98 Å². The summed E-state index contributed by atoms with van der Waals surface area (Å²) >= 11 is 11.2. The van der Waals surface area contributed by atoms with Crippen molar-refractivity contribution >= 4 is 88.3 Å². The molecule has 0 unspecified atom stereocenters. The van der Waals surface area contributed by atoms with Crippen molar-refractivity contribution < 1.29 is 57.3 Å². The molecule has 0 bridgehead atoms. The number of pyridine rings is 4. The van der Waals surface area contributed by atoms with E-state index in [0.717, 1.165) is 24.3 Å². The Morgan fingerprint density at radius 1 is 0.609 bits per heavy atom. The molecule has 0 radical (unpaired) electrons. The number of hydrogen-bond donors (Lipinski definition) is 4. The smallest absolute Gasteiger partial charge is 0.346 e. The van der Waals surface area contributed by atoms with Crippen LogP contribution in [0.15, 0.2) is 108 Å². The van der Waals surface area contributed by atoms with Gasteiger partial charge in [-0.15, -0.1) is 0 Å². The first-order chi connectivity index (χ1) is 32.2. The van der Waals surface area contributed by atoms with E-state index in [-0.39, 0.29) is 28.3 Å². The average molecular weight is 1030 g/mol. The first-order valence-electron chi connectivity index (χ1n) is 19.9. The highest BCUT2D eigenvalue weighted by atomic mass is 35.5. The molecule has 0 aliphatic rings. The van der Waals surface area contributed by atoms with E-state index in [1.165, 1.54) is 30.7 Å². The number of hydrogen-bond acceptors (Lipinski definition) is 9. The van der Waals surface area contributed by atoms with Gasteiger partial charge in [-0.05, 0) is 105 Å². The van der Waals surface area contributed by atoms with Gasteiger partial charge in [-0.25, -0.2) is 31.4 Å². The Morgan fingerprint density at radius 2 is 1.06 bits per heavy atom. The largest absolute Gasteiger partial charge is 0.417 e. The molecule has 0 atom stereocenters. The molecule has 0 fully saturated rings. The summed E-state index contributed by atoms with van der Waals surface area (Å²) in [5.74, 6) is -1.12. The summed E-state index contributed by atoms with van der Waals surface area (Å²) in [6.45, 7) is 6.69. The minimum Gasteiger partial charge on any atom is -0.346 e. The topological polar surface area (TPSA) is 201 Å². The zero-order chi connectivity index (χ0) is 50.5. The number of fused-ring (bicyclic) bond motifs is 2. The zero-order valence-electron chi connectivity index (χ0n) is 36.3. The third kappa shape index (κ3) is 10.3. The Hall–Kier alpha value is -6.88. The minimum absolute atomic E-state index is 0.158. The number of benzene rings is 2. The summed E-state index contributed by atoms with van der Waals surface area (Å²) in [5.41, 5.74) is 0.654. The number of rotatable bonds is 10. The standard InChI is InChI=1S/C23H18ClF3N4O3S.C22H16ClF3N4O3S/c1-12-8-18(30-35(33,34)14-4-5-17(24)16(9-14)23(25,26)27)20(29-10-12)21(32)19-13(2)11-31(3)22-15(19)6-7-28-22;1-11-7-17(30-34(32,33)13-3-4-16(23)15(8-13)22(24,25)26)19(28-9-11)20(31)18-12(2)10-29-21-14(18)5-6-27-21/h4-11H,1-3H3,(H,30,32);3-10,30H,1-2H3,(H,27,29)/p+1. The van der Waals surface area contributed by atoms with Crippen molar-refractivity contribution in [1.82, 2.24) is 24.9 Å². The number of nitrogens with zero attached hydrogens (tertiary/aromatic N) is 4. The summed E-state index contributed by atoms with van der Waals surface area (Å²) in [6.07, 6.45) is -0.383. The van der Waals surface area contributed by atoms with Crippen LogP contribution >= 0.6 is 23.2 Å². The van der Waals surface area contributed by atoms with Gasteiger partial charge in [0.05, 0.1) is 67.2 Å². The number of aromatic nitrogens is 6. The van der Waals surface area contributed by atoms with E-state index in [2.05, 4.69) is 34.4 Å².